The van der Waals surface area contributed by atoms with E-state index in [0.717, 1.165) is 0 Å². The predicted molar refractivity (Wildman–Crippen MR) is 139 cm³/mol. The van der Waals surface area contributed by atoms with Crippen molar-refractivity contribution in [2.24, 2.45) is 20.5 Å². The first-order chi connectivity index (χ1) is 18.7. The number of hydrogen-bond acceptors (Lipinski definition) is 9. The summed E-state index contributed by atoms with van der Waals surface area (Å²) >= 11 is 0. The molecule has 0 saturated carbocycles. The van der Waals surface area contributed by atoms with E-state index < -0.39 is 11.9 Å². The average molecular weight is 525 g/mol. The van der Waals surface area contributed by atoms with Crippen molar-refractivity contribution in [1.29, 1.82) is 0 Å². The maximum absolute atomic E-state index is 12.6. The Bertz CT molecular complexity index is 1620. The zero-order valence-electron chi connectivity index (χ0n) is 19.9. The van der Waals surface area contributed by atoms with E-state index in [1.54, 1.807) is 48.5 Å². The summed E-state index contributed by atoms with van der Waals surface area (Å²) in [6.45, 7) is 0. The van der Waals surface area contributed by atoms with Crippen LogP contribution >= 0.6 is 0 Å². The van der Waals surface area contributed by atoms with Crippen molar-refractivity contribution < 1.29 is 34.8 Å². The normalized spacial score (nSPS) is 11.1. The number of carboxylic acids is 2. The largest absolute Gasteiger partial charge is 0.507 e. The van der Waals surface area contributed by atoms with Crippen LogP contribution in [0.5, 0.6) is 11.5 Å². The molecular formula is C27H19N5O7. The van der Waals surface area contributed by atoms with Gasteiger partial charge in [0.1, 0.15) is 22.6 Å². The standard InChI is InChI=1S/C27H19N5O7/c33-23-11-9-19(13-21(23)26(36)37)31-29-17-3-1-15(2-4-17)25(35)28-16-5-7-18(8-6-16)30-32-20-10-12-24(34)22(14-20)27(38)39/h1-14,33-34H,(H,28,35)(H,36,37)(H,38,39). The van der Waals surface area contributed by atoms with E-state index in [9.17, 15) is 24.6 Å². The average Bonchev–Trinajstić information content (AvgIpc) is 2.93. The van der Waals surface area contributed by atoms with Gasteiger partial charge in [-0.2, -0.15) is 20.5 Å². The van der Waals surface area contributed by atoms with Crippen LogP contribution in [-0.2, 0) is 0 Å². The molecule has 12 nitrogen and oxygen atoms in total. The molecule has 5 N–H and O–H groups in total. The van der Waals surface area contributed by atoms with E-state index in [4.69, 9.17) is 10.2 Å². The third-order valence-corrected chi connectivity index (χ3v) is 5.24. The molecule has 12 heteroatoms. The van der Waals surface area contributed by atoms with Crippen LogP contribution in [-0.4, -0.2) is 38.3 Å². The molecule has 194 valence electrons. The lowest BCUT2D eigenvalue weighted by molar-refractivity contribution is 0.0682. The Morgan fingerprint density at radius 1 is 0.538 bits per heavy atom. The second-order valence-corrected chi connectivity index (χ2v) is 7.96. The second-order valence-electron chi connectivity index (χ2n) is 7.96. The molecule has 0 heterocycles. The maximum atomic E-state index is 12.6. The number of rotatable bonds is 8. The van der Waals surface area contributed by atoms with Crippen LogP contribution in [0.25, 0.3) is 0 Å². The van der Waals surface area contributed by atoms with Gasteiger partial charge in [-0.1, -0.05) is 0 Å². The van der Waals surface area contributed by atoms with Gasteiger partial charge in [0, 0.05) is 11.3 Å². The Balaban J connectivity index is 1.37. The highest BCUT2D eigenvalue weighted by Crippen LogP contribution is 2.27. The first kappa shape index (κ1) is 26.2. The minimum Gasteiger partial charge on any atom is -0.507 e. The molecule has 0 atom stereocenters. The van der Waals surface area contributed by atoms with Gasteiger partial charge in [0.05, 0.1) is 22.7 Å². The van der Waals surface area contributed by atoms with Crippen molar-refractivity contribution in [1.82, 2.24) is 0 Å². The van der Waals surface area contributed by atoms with E-state index in [1.807, 2.05) is 0 Å². The Hall–Kier alpha value is -5.91. The summed E-state index contributed by atoms with van der Waals surface area (Å²) in [4.78, 5) is 34.8. The molecule has 39 heavy (non-hydrogen) atoms. The number of hydrogen-bond donors (Lipinski definition) is 5. The van der Waals surface area contributed by atoms with Gasteiger partial charge in [-0.15, -0.1) is 0 Å². The van der Waals surface area contributed by atoms with Crippen LogP contribution in [0.1, 0.15) is 31.1 Å². The third kappa shape index (κ3) is 6.65. The molecule has 0 bridgehead atoms. The van der Waals surface area contributed by atoms with Crippen molar-refractivity contribution in [3.05, 3.63) is 102 Å². The minimum absolute atomic E-state index is 0.239. The van der Waals surface area contributed by atoms with E-state index in [0.29, 0.717) is 22.6 Å². The van der Waals surface area contributed by atoms with Gasteiger partial charge in [-0.25, -0.2) is 9.59 Å². The first-order valence-electron chi connectivity index (χ1n) is 11.2. The molecule has 0 saturated heterocycles. The molecule has 0 fully saturated rings. The van der Waals surface area contributed by atoms with Crippen LogP contribution in [0.4, 0.5) is 28.4 Å². The minimum atomic E-state index is -1.29. The highest BCUT2D eigenvalue weighted by molar-refractivity contribution is 6.04. The Labute approximate surface area is 220 Å². The van der Waals surface area contributed by atoms with E-state index in [2.05, 4.69) is 25.8 Å². The third-order valence-electron chi connectivity index (χ3n) is 5.24. The number of carbonyl (C=O) groups excluding carboxylic acids is 1. The maximum Gasteiger partial charge on any atom is 0.339 e. The van der Waals surface area contributed by atoms with Gasteiger partial charge in [0.15, 0.2) is 0 Å². The molecule has 0 aromatic heterocycles. The predicted octanol–water partition coefficient (Wildman–Crippen LogP) is 6.58. The summed E-state index contributed by atoms with van der Waals surface area (Å²) in [5, 5.41) is 56.0. The lowest BCUT2D eigenvalue weighted by atomic mass is 10.2. The number of benzene rings is 4. The molecule has 0 radical (unpaired) electrons. The first-order valence-corrected chi connectivity index (χ1v) is 11.2. The van der Waals surface area contributed by atoms with Crippen molar-refractivity contribution in [2.75, 3.05) is 5.32 Å². The lowest BCUT2D eigenvalue weighted by Crippen LogP contribution is -2.11. The number of azo groups is 2. The molecule has 1 amide bonds. The van der Waals surface area contributed by atoms with Crippen LogP contribution in [0.2, 0.25) is 0 Å². The summed E-state index contributed by atoms with van der Waals surface area (Å²) in [5.41, 5.74) is 1.65. The molecule has 0 aliphatic carbocycles. The monoisotopic (exact) mass is 525 g/mol. The number of phenols is 2. The molecule has 4 aromatic carbocycles. The smallest absolute Gasteiger partial charge is 0.339 e. The molecule has 0 aliphatic rings. The number of nitrogens with one attached hydrogen (secondary N) is 1. The summed E-state index contributed by atoms with van der Waals surface area (Å²) in [6.07, 6.45) is 0. The number of aromatic hydroxyl groups is 2. The van der Waals surface area contributed by atoms with Crippen molar-refractivity contribution in [3.8, 4) is 11.5 Å². The number of nitrogens with zero attached hydrogens (tertiary/aromatic N) is 4. The number of anilines is 1. The fraction of sp³-hybridized carbons (Fsp3) is 0. The van der Waals surface area contributed by atoms with Gasteiger partial charge >= 0.3 is 11.9 Å². The highest BCUT2D eigenvalue weighted by Gasteiger charge is 2.11. The van der Waals surface area contributed by atoms with Gasteiger partial charge in [-0.05, 0) is 84.9 Å². The zero-order chi connectivity index (χ0) is 27.9. The van der Waals surface area contributed by atoms with Crippen LogP contribution in [0.15, 0.2) is 105 Å². The second kappa shape index (κ2) is 11.4. The van der Waals surface area contributed by atoms with Crippen molar-refractivity contribution >= 4 is 46.3 Å². The number of amides is 1. The number of carboxylic acid groups (broad SMARTS) is 2. The van der Waals surface area contributed by atoms with E-state index in [-0.39, 0.29) is 39.9 Å². The van der Waals surface area contributed by atoms with Crippen LogP contribution in [0.3, 0.4) is 0 Å². The van der Waals surface area contributed by atoms with Gasteiger partial charge < -0.3 is 25.7 Å². The summed E-state index contributed by atoms with van der Waals surface area (Å²) in [6, 6.07) is 20.4. The lowest BCUT2D eigenvalue weighted by Gasteiger charge is -2.06. The number of aromatic carboxylic acids is 2. The molecule has 4 rings (SSSR count). The van der Waals surface area contributed by atoms with E-state index >= 15 is 0 Å². The number of carbonyl (C=O) groups is 3. The van der Waals surface area contributed by atoms with Crippen LogP contribution < -0.4 is 5.32 Å². The van der Waals surface area contributed by atoms with Crippen molar-refractivity contribution in [3.63, 3.8) is 0 Å². The van der Waals surface area contributed by atoms with E-state index in [1.165, 1.54) is 36.4 Å². The fourth-order valence-electron chi connectivity index (χ4n) is 3.24. The topological polar surface area (TPSA) is 194 Å². The summed E-state index contributed by atoms with van der Waals surface area (Å²) in [7, 11) is 0. The van der Waals surface area contributed by atoms with Crippen molar-refractivity contribution in [2.45, 2.75) is 0 Å². The molecule has 0 spiro atoms. The molecule has 0 unspecified atom stereocenters. The Kier molecular flexibility index (Phi) is 7.67. The Morgan fingerprint density at radius 2 is 0.923 bits per heavy atom. The van der Waals surface area contributed by atoms with Crippen LogP contribution in [0, 0.1) is 0 Å². The summed E-state index contributed by atoms with van der Waals surface area (Å²) < 4.78 is 0. The molecule has 4 aromatic rings. The SMILES string of the molecule is O=C(Nc1ccc(N=Nc2ccc(O)c(C(=O)O)c2)cc1)c1ccc(N=Nc2ccc(O)c(C(=O)O)c2)cc1. The quantitative estimate of drug-likeness (QED) is 0.160. The fourth-order valence-corrected chi connectivity index (χ4v) is 3.24. The highest BCUT2D eigenvalue weighted by atomic mass is 16.4. The molecule has 0 aliphatic heterocycles. The molecular weight excluding hydrogens is 506 g/mol. The van der Waals surface area contributed by atoms with Gasteiger partial charge in [0.2, 0.25) is 0 Å². The van der Waals surface area contributed by atoms with Gasteiger partial charge in [-0.3, -0.25) is 4.79 Å². The van der Waals surface area contributed by atoms with Gasteiger partial charge in [0.25, 0.3) is 5.91 Å². The summed E-state index contributed by atoms with van der Waals surface area (Å²) in [5.74, 6) is -3.69. The zero-order valence-corrected chi connectivity index (χ0v) is 19.9. The Morgan fingerprint density at radius 3 is 1.36 bits per heavy atom.